The summed E-state index contributed by atoms with van der Waals surface area (Å²) >= 11 is 12.1. The fraction of sp³-hybridized carbons (Fsp3) is 0.158. The van der Waals surface area contributed by atoms with Crippen LogP contribution in [0.4, 0.5) is 5.69 Å². The number of hydrazone groups is 1. The number of benzene rings is 2. The second-order valence-corrected chi connectivity index (χ2v) is 6.47. The van der Waals surface area contributed by atoms with Crippen LogP contribution in [0.25, 0.3) is 6.08 Å². The van der Waals surface area contributed by atoms with Gasteiger partial charge in [0.1, 0.15) is 11.5 Å². The summed E-state index contributed by atoms with van der Waals surface area (Å²) in [5.41, 5.74) is 2.26. The number of carbonyl (C=O) groups excluding carboxylic acids is 1. The molecule has 1 heterocycles. The average Bonchev–Trinajstić information content (AvgIpc) is 2.89. The van der Waals surface area contributed by atoms with E-state index in [0.29, 0.717) is 38.5 Å². The van der Waals surface area contributed by atoms with Crippen LogP contribution in [0.15, 0.2) is 47.1 Å². The topological polar surface area (TPSA) is 51.1 Å². The zero-order valence-electron chi connectivity index (χ0n) is 14.4. The molecule has 0 atom stereocenters. The first-order chi connectivity index (χ1) is 12.4. The molecule has 0 saturated heterocycles. The summed E-state index contributed by atoms with van der Waals surface area (Å²) in [5, 5.41) is 6.48. The molecule has 1 amide bonds. The standard InChI is InChI=1S/C19H16Cl2N2O3/c1-11-17(7-12-6-16(25-2)4-5-18(12)26-3)19(24)23(22-11)15-9-13(20)8-14(21)10-15/h4-10H,1-3H3/b17-7-. The van der Waals surface area contributed by atoms with Crippen LogP contribution in [-0.4, -0.2) is 25.8 Å². The molecule has 0 aliphatic carbocycles. The van der Waals surface area contributed by atoms with Crippen molar-refractivity contribution in [3.8, 4) is 11.5 Å². The van der Waals surface area contributed by atoms with E-state index in [1.54, 1.807) is 63.6 Å². The highest BCUT2D eigenvalue weighted by molar-refractivity contribution is 6.36. The highest BCUT2D eigenvalue weighted by atomic mass is 35.5. The fourth-order valence-electron chi connectivity index (χ4n) is 2.63. The Morgan fingerprint density at radius 3 is 2.35 bits per heavy atom. The lowest BCUT2D eigenvalue weighted by atomic mass is 10.1. The molecule has 0 saturated carbocycles. The Morgan fingerprint density at radius 1 is 1.04 bits per heavy atom. The summed E-state index contributed by atoms with van der Waals surface area (Å²) < 4.78 is 10.6. The number of nitrogens with zero attached hydrogens (tertiary/aromatic N) is 2. The number of amides is 1. The molecule has 2 aromatic carbocycles. The van der Waals surface area contributed by atoms with E-state index in [-0.39, 0.29) is 5.91 Å². The zero-order valence-corrected chi connectivity index (χ0v) is 15.9. The van der Waals surface area contributed by atoms with Crippen molar-refractivity contribution in [2.24, 2.45) is 5.10 Å². The van der Waals surface area contributed by atoms with E-state index in [1.165, 1.54) is 5.01 Å². The van der Waals surface area contributed by atoms with Gasteiger partial charge < -0.3 is 9.47 Å². The summed E-state index contributed by atoms with van der Waals surface area (Å²) in [6.45, 7) is 1.77. The molecule has 0 bridgehead atoms. The lowest BCUT2D eigenvalue weighted by Gasteiger charge is -2.13. The van der Waals surface area contributed by atoms with Crippen LogP contribution in [0.1, 0.15) is 12.5 Å². The van der Waals surface area contributed by atoms with Crippen molar-refractivity contribution in [3.63, 3.8) is 0 Å². The maximum Gasteiger partial charge on any atom is 0.280 e. The molecule has 26 heavy (non-hydrogen) atoms. The monoisotopic (exact) mass is 390 g/mol. The number of hydrogen-bond donors (Lipinski definition) is 0. The molecule has 7 heteroatoms. The smallest absolute Gasteiger partial charge is 0.280 e. The van der Waals surface area contributed by atoms with Gasteiger partial charge >= 0.3 is 0 Å². The first kappa shape index (κ1) is 18.3. The zero-order chi connectivity index (χ0) is 18.8. The van der Waals surface area contributed by atoms with Crippen molar-refractivity contribution >= 4 is 46.6 Å². The van der Waals surface area contributed by atoms with Gasteiger partial charge in [-0.1, -0.05) is 23.2 Å². The quantitative estimate of drug-likeness (QED) is 0.703. The molecule has 3 rings (SSSR count). The summed E-state index contributed by atoms with van der Waals surface area (Å²) in [7, 11) is 3.15. The molecule has 0 fully saturated rings. The van der Waals surface area contributed by atoms with Crippen LogP contribution in [-0.2, 0) is 4.79 Å². The number of methoxy groups -OCH3 is 2. The van der Waals surface area contributed by atoms with Crippen molar-refractivity contribution in [2.45, 2.75) is 6.92 Å². The van der Waals surface area contributed by atoms with Gasteiger partial charge in [0.2, 0.25) is 0 Å². The third-order valence-electron chi connectivity index (χ3n) is 3.89. The number of halogens is 2. The first-order valence-corrected chi connectivity index (χ1v) is 8.48. The van der Waals surface area contributed by atoms with Crippen molar-refractivity contribution in [1.82, 2.24) is 0 Å². The van der Waals surface area contributed by atoms with Crippen LogP contribution in [0.3, 0.4) is 0 Å². The highest BCUT2D eigenvalue weighted by Gasteiger charge is 2.29. The molecule has 0 aromatic heterocycles. The van der Waals surface area contributed by atoms with Gasteiger partial charge in [-0.3, -0.25) is 4.79 Å². The van der Waals surface area contributed by atoms with E-state index in [1.807, 2.05) is 0 Å². The van der Waals surface area contributed by atoms with Gasteiger partial charge in [-0.15, -0.1) is 0 Å². The second kappa shape index (κ2) is 7.40. The minimum atomic E-state index is -0.272. The van der Waals surface area contributed by atoms with Gasteiger partial charge in [0.15, 0.2) is 0 Å². The molecule has 134 valence electrons. The molecule has 0 N–H and O–H groups in total. The van der Waals surface area contributed by atoms with Crippen LogP contribution >= 0.6 is 23.2 Å². The Kier molecular flexibility index (Phi) is 5.20. The van der Waals surface area contributed by atoms with Crippen molar-refractivity contribution < 1.29 is 14.3 Å². The first-order valence-electron chi connectivity index (χ1n) is 7.73. The molecule has 0 radical (unpaired) electrons. The van der Waals surface area contributed by atoms with Gasteiger partial charge in [-0.2, -0.15) is 10.1 Å². The SMILES string of the molecule is COc1ccc(OC)c(/C=C2\C(=O)N(c3cc(Cl)cc(Cl)c3)N=C2C)c1. The predicted octanol–water partition coefficient (Wildman–Crippen LogP) is 4.82. The van der Waals surface area contributed by atoms with Gasteiger partial charge in [0, 0.05) is 15.6 Å². The summed E-state index contributed by atoms with van der Waals surface area (Å²) in [6, 6.07) is 10.2. The van der Waals surface area contributed by atoms with E-state index in [0.717, 1.165) is 5.56 Å². The maximum atomic E-state index is 12.9. The van der Waals surface area contributed by atoms with E-state index < -0.39 is 0 Å². The third-order valence-corrected chi connectivity index (χ3v) is 4.33. The van der Waals surface area contributed by atoms with Crippen LogP contribution < -0.4 is 14.5 Å². The molecule has 0 unspecified atom stereocenters. The van der Waals surface area contributed by atoms with Crippen molar-refractivity contribution in [2.75, 3.05) is 19.2 Å². The van der Waals surface area contributed by atoms with E-state index >= 15 is 0 Å². The Labute approximate surface area is 161 Å². The Balaban J connectivity index is 2.02. The molecule has 5 nitrogen and oxygen atoms in total. The Bertz CT molecular complexity index is 918. The van der Waals surface area contributed by atoms with Gasteiger partial charge in [0.25, 0.3) is 5.91 Å². The van der Waals surface area contributed by atoms with Crippen LogP contribution in [0.5, 0.6) is 11.5 Å². The minimum absolute atomic E-state index is 0.272. The predicted molar refractivity (Wildman–Crippen MR) is 105 cm³/mol. The molecule has 0 spiro atoms. The third kappa shape index (κ3) is 3.54. The second-order valence-electron chi connectivity index (χ2n) is 5.60. The molecular weight excluding hydrogens is 375 g/mol. The number of ether oxygens (including phenoxy) is 2. The van der Waals surface area contributed by atoms with E-state index in [2.05, 4.69) is 5.10 Å². The fourth-order valence-corrected chi connectivity index (χ4v) is 3.14. The van der Waals surface area contributed by atoms with Gasteiger partial charge in [-0.05, 0) is 49.4 Å². The van der Waals surface area contributed by atoms with Crippen molar-refractivity contribution in [3.05, 3.63) is 57.6 Å². The maximum absolute atomic E-state index is 12.9. The molecule has 1 aliphatic heterocycles. The van der Waals surface area contributed by atoms with Crippen molar-refractivity contribution in [1.29, 1.82) is 0 Å². The Morgan fingerprint density at radius 2 is 1.73 bits per heavy atom. The normalized spacial score (nSPS) is 15.4. The van der Waals surface area contributed by atoms with E-state index in [9.17, 15) is 4.79 Å². The Hall–Kier alpha value is -2.50. The van der Waals surface area contributed by atoms with Gasteiger partial charge in [-0.25, -0.2) is 0 Å². The highest BCUT2D eigenvalue weighted by Crippen LogP contribution is 2.32. The summed E-state index contributed by atoms with van der Waals surface area (Å²) in [6.07, 6.45) is 1.73. The summed E-state index contributed by atoms with van der Waals surface area (Å²) in [4.78, 5) is 12.9. The minimum Gasteiger partial charge on any atom is -0.497 e. The number of anilines is 1. The lowest BCUT2D eigenvalue weighted by molar-refractivity contribution is -0.114. The summed E-state index contributed by atoms with van der Waals surface area (Å²) in [5.74, 6) is 1.02. The molecule has 1 aliphatic rings. The average molecular weight is 391 g/mol. The molecular formula is C19H16Cl2N2O3. The van der Waals surface area contributed by atoms with Crippen LogP contribution in [0, 0.1) is 0 Å². The number of hydrogen-bond acceptors (Lipinski definition) is 4. The number of rotatable bonds is 4. The van der Waals surface area contributed by atoms with Gasteiger partial charge in [0.05, 0.1) is 31.2 Å². The lowest BCUT2D eigenvalue weighted by Crippen LogP contribution is -2.21. The largest absolute Gasteiger partial charge is 0.497 e. The number of carbonyl (C=O) groups is 1. The molecule has 2 aromatic rings. The van der Waals surface area contributed by atoms with E-state index in [4.69, 9.17) is 32.7 Å². The van der Waals surface area contributed by atoms with Crippen LogP contribution in [0.2, 0.25) is 10.0 Å².